The van der Waals surface area contributed by atoms with E-state index in [0.717, 1.165) is 0 Å². The van der Waals surface area contributed by atoms with Crippen molar-refractivity contribution in [1.82, 2.24) is 0 Å². The van der Waals surface area contributed by atoms with Crippen molar-refractivity contribution >= 4 is 143 Å². The van der Waals surface area contributed by atoms with Crippen molar-refractivity contribution in [1.29, 1.82) is 0 Å². The zero-order chi connectivity index (χ0) is 24.1. The molecule has 0 aromatic heterocycles. The molecule has 170 valence electrons. The SMILES string of the molecule is O=C1OC2(c3cc([131I])c([O-])c([131I])c3Oc3c2cc([131I])c(O)c3[131I])c2c(Cl)c(Cl)c(Cl)c(Cl)c21.[Na+]. The molecule has 5 rings (SSSR count). The topological polar surface area (TPSA) is 78.8 Å². The van der Waals surface area contributed by atoms with Crippen molar-refractivity contribution in [3.8, 4) is 23.0 Å². The first-order chi connectivity index (χ1) is 15.4. The van der Waals surface area contributed by atoms with Crippen LogP contribution in [0.15, 0.2) is 12.1 Å². The number of fused-ring (bicyclic) bond motifs is 6. The first-order valence-electron chi connectivity index (χ1n) is 8.61. The van der Waals surface area contributed by atoms with Crippen molar-refractivity contribution < 1.29 is 54.0 Å². The van der Waals surface area contributed by atoms with Crippen LogP contribution in [0.2, 0.25) is 20.1 Å². The third-order valence-corrected chi connectivity index (χ3v) is 10.7. The van der Waals surface area contributed by atoms with Gasteiger partial charge in [0.05, 0.1) is 38.4 Å². The molecule has 1 spiro atoms. The average molecular weight is 1010 g/mol. The molecular weight excluding hydrogens is 1010 g/mol. The third-order valence-electron chi connectivity index (χ3n) is 5.31. The van der Waals surface area contributed by atoms with E-state index in [2.05, 4.69) is 0 Å². The Kier molecular flexibility index (Phi) is 8.39. The second-order valence-corrected chi connectivity index (χ2v) is 12.9. The second-order valence-electron chi connectivity index (χ2n) is 6.95. The quantitative estimate of drug-likeness (QED) is 0.112. The molecule has 2 aliphatic heterocycles. The van der Waals surface area contributed by atoms with Crippen LogP contribution in [-0.4, -0.2) is 11.1 Å². The van der Waals surface area contributed by atoms with Gasteiger partial charge in [-0.2, -0.15) is 0 Å². The van der Waals surface area contributed by atoms with E-state index in [1.54, 1.807) is 12.1 Å². The van der Waals surface area contributed by atoms with E-state index in [-0.39, 0.29) is 87.3 Å². The van der Waals surface area contributed by atoms with Gasteiger partial charge in [-0.05, 0) is 102 Å². The number of halogens is 8. The van der Waals surface area contributed by atoms with Crippen LogP contribution in [-0.2, 0) is 10.3 Å². The van der Waals surface area contributed by atoms with Gasteiger partial charge >= 0.3 is 35.5 Å². The molecule has 2 aliphatic rings. The van der Waals surface area contributed by atoms with E-state index >= 15 is 0 Å². The van der Waals surface area contributed by atoms with Crippen molar-refractivity contribution in [2.24, 2.45) is 0 Å². The molecule has 14 heteroatoms. The molecule has 1 unspecified atom stereocenters. The monoisotopic (exact) mass is 1010 g/mol. The number of esters is 1. The summed E-state index contributed by atoms with van der Waals surface area (Å²) in [4.78, 5) is 13.2. The maximum absolute atomic E-state index is 13.2. The number of phenolic OH excluding ortho intramolecular Hbond substituents is 1. The summed E-state index contributed by atoms with van der Waals surface area (Å²) in [7, 11) is 0. The summed E-state index contributed by atoms with van der Waals surface area (Å²) >= 11 is 33.5. The van der Waals surface area contributed by atoms with Gasteiger partial charge in [-0.3, -0.25) is 0 Å². The van der Waals surface area contributed by atoms with Crippen LogP contribution in [0.25, 0.3) is 0 Å². The minimum atomic E-state index is -1.65. The Balaban J connectivity index is 0.00000274. The third kappa shape index (κ3) is 3.83. The van der Waals surface area contributed by atoms with Crippen LogP contribution in [0.5, 0.6) is 23.0 Å². The number of benzene rings is 3. The van der Waals surface area contributed by atoms with Crippen molar-refractivity contribution in [3.05, 3.63) is 68.8 Å². The Bertz CT molecular complexity index is 1400. The summed E-state index contributed by atoms with van der Waals surface area (Å²) in [6.45, 7) is 0. The van der Waals surface area contributed by atoms with Gasteiger partial charge in [0.2, 0.25) is 0 Å². The summed E-state index contributed by atoms with van der Waals surface area (Å²) in [5, 5.41) is 23.1. The Morgan fingerprint density at radius 2 is 1.38 bits per heavy atom. The van der Waals surface area contributed by atoms with Crippen molar-refractivity contribution in [2.45, 2.75) is 5.60 Å². The minimum absolute atomic E-state index is 0. The molecule has 34 heavy (non-hydrogen) atoms. The standard InChI is InChI=1S/C20H4Cl4I4O5.Na/c21-9-7-8(10(22)12(24)11(9)23)20(33-19(7)31)3-1-5(25)15(29)13(27)17(3)32-18-4(20)2-6(26)16(30)14(18)28;/h1-2,29-30H;/q;+1/p-1/i25+4,26+4,27+4,28+4;. The van der Waals surface area contributed by atoms with Gasteiger partial charge in [-0.15, -0.1) is 0 Å². The first-order valence-corrected chi connectivity index (χ1v) is 14.4. The van der Waals surface area contributed by atoms with E-state index in [1.807, 2.05) is 90.4 Å². The number of hydrogen-bond acceptors (Lipinski definition) is 5. The van der Waals surface area contributed by atoms with Gasteiger partial charge in [0.25, 0.3) is 0 Å². The molecule has 1 atom stereocenters. The molecular formula is C20H3Cl4I4NaO5. The number of aromatic hydroxyl groups is 1. The summed E-state index contributed by atoms with van der Waals surface area (Å²) in [6.07, 6.45) is 0. The van der Waals surface area contributed by atoms with Crippen LogP contribution in [0, 0.1) is 14.3 Å². The fourth-order valence-electron chi connectivity index (χ4n) is 3.92. The predicted molar refractivity (Wildman–Crippen MR) is 157 cm³/mol. The second kappa shape index (κ2) is 9.97. The smallest absolute Gasteiger partial charge is 0.871 e. The Labute approximate surface area is 289 Å². The van der Waals surface area contributed by atoms with Gasteiger partial charge < -0.3 is 19.7 Å². The Morgan fingerprint density at radius 1 is 0.853 bits per heavy atom. The van der Waals surface area contributed by atoms with Gasteiger partial charge in [-0.1, -0.05) is 52.2 Å². The summed E-state index contributed by atoms with van der Waals surface area (Å²) in [5.74, 6) is -0.617. The molecule has 5 nitrogen and oxygen atoms in total. The van der Waals surface area contributed by atoms with E-state index < -0.39 is 11.6 Å². The normalized spacial score (nSPS) is 17.5. The molecule has 1 N–H and O–H groups in total. The molecule has 0 bridgehead atoms. The largest absolute Gasteiger partial charge is 1.00 e. The molecule has 0 fully saturated rings. The van der Waals surface area contributed by atoms with Crippen molar-refractivity contribution in [3.63, 3.8) is 0 Å². The molecule has 0 saturated carbocycles. The zero-order valence-electron chi connectivity index (χ0n) is 16.3. The van der Waals surface area contributed by atoms with Gasteiger partial charge in [0.1, 0.15) is 11.5 Å². The number of ether oxygens (including phenoxy) is 2. The van der Waals surface area contributed by atoms with E-state index in [0.29, 0.717) is 21.8 Å². The minimum Gasteiger partial charge on any atom is -0.871 e. The zero-order valence-corrected chi connectivity index (χ0v) is 29.9. The molecule has 0 radical (unpaired) electrons. The van der Waals surface area contributed by atoms with E-state index in [1.165, 1.54) is 0 Å². The average Bonchev–Trinajstić information content (AvgIpc) is 3.08. The maximum Gasteiger partial charge on any atom is 1.00 e. The fraction of sp³-hybridized carbons (Fsp3) is 0.0500. The van der Waals surface area contributed by atoms with Gasteiger partial charge in [0, 0.05) is 18.3 Å². The van der Waals surface area contributed by atoms with Gasteiger partial charge in [0.15, 0.2) is 11.4 Å². The van der Waals surface area contributed by atoms with Crippen LogP contribution >= 0.6 is 137 Å². The van der Waals surface area contributed by atoms with Crippen LogP contribution < -0.4 is 39.4 Å². The number of hydrogen-bond donors (Lipinski definition) is 1. The van der Waals surface area contributed by atoms with Crippen LogP contribution in [0.1, 0.15) is 27.0 Å². The van der Waals surface area contributed by atoms with Crippen molar-refractivity contribution in [2.75, 3.05) is 0 Å². The molecule has 3 aromatic carbocycles. The first kappa shape index (κ1) is 28.6. The van der Waals surface area contributed by atoms with E-state index in [4.69, 9.17) is 55.9 Å². The summed E-state index contributed by atoms with van der Waals surface area (Å²) in [5.41, 5.74) is -0.698. The predicted octanol–water partition coefficient (Wildman–Crippen LogP) is 5.07. The number of carbonyl (C=O) groups is 1. The molecule has 0 amide bonds. The summed E-state index contributed by atoms with van der Waals surface area (Å²) < 4.78 is 13.8. The molecule has 0 saturated heterocycles. The molecule has 2 heterocycles. The Hall–Kier alpha value is 1.61. The summed E-state index contributed by atoms with van der Waals surface area (Å²) in [6, 6.07) is 3.22. The fourth-order valence-corrected chi connectivity index (χ4v) is 8.56. The van der Waals surface area contributed by atoms with Gasteiger partial charge in [-0.25, -0.2) is 4.79 Å². The molecule has 3 aromatic rings. The van der Waals surface area contributed by atoms with Crippen LogP contribution in [0.3, 0.4) is 0 Å². The number of rotatable bonds is 0. The maximum atomic E-state index is 13.2. The Morgan fingerprint density at radius 3 is 2.00 bits per heavy atom. The number of carbonyl (C=O) groups excluding carboxylic acids is 1. The molecule has 0 aliphatic carbocycles. The van der Waals surface area contributed by atoms with Crippen LogP contribution in [0.4, 0.5) is 0 Å². The van der Waals surface area contributed by atoms with E-state index in [9.17, 15) is 15.0 Å². The number of phenols is 1.